The van der Waals surface area contributed by atoms with Gasteiger partial charge in [-0.3, -0.25) is 19.0 Å². The summed E-state index contributed by atoms with van der Waals surface area (Å²) in [4.78, 5) is 48.8. The van der Waals surface area contributed by atoms with E-state index in [0.29, 0.717) is 34.5 Å². The standard InChI is InChI=1S/C30H31BrCl2N6O3/c1-17(34)20-5-4-10-37(16-20)27(41)18(2)36-26(40)25-15-35-29-38(24-12-22(32)11-23(33)13-24)28(42)30(3,39(25)29)14-19-6-8-21(31)9-7-19/h6-9,11-13,15,18,20,34H,4-5,10,14,16H2,1-3H3,(H,36,40)/t18-,20+,30+/m0/s1. The van der Waals surface area contributed by atoms with Gasteiger partial charge in [0, 0.05) is 45.7 Å². The van der Waals surface area contributed by atoms with Crippen LogP contribution in [0.5, 0.6) is 0 Å². The van der Waals surface area contributed by atoms with Crippen LogP contribution in [0.4, 0.5) is 11.6 Å². The fourth-order valence-corrected chi connectivity index (χ4v) is 6.55. The lowest BCUT2D eigenvalue weighted by Crippen LogP contribution is -2.51. The van der Waals surface area contributed by atoms with Crippen molar-refractivity contribution in [1.82, 2.24) is 19.8 Å². The molecule has 0 saturated carbocycles. The number of halogens is 3. The SMILES string of the molecule is CC(=N)[C@@H]1CCCN(C(=O)[C@H](C)NC(=O)c2cnc3n2[C@](C)(Cc2ccc(Br)cc2)C(=O)N3c2cc(Cl)cc(Cl)c2)C1. The summed E-state index contributed by atoms with van der Waals surface area (Å²) in [5.74, 6) is -0.750. The fraction of sp³-hybridized carbons (Fsp3) is 0.367. The van der Waals surface area contributed by atoms with Gasteiger partial charge in [0.2, 0.25) is 11.9 Å². The predicted molar refractivity (Wildman–Crippen MR) is 167 cm³/mol. The van der Waals surface area contributed by atoms with Gasteiger partial charge in [-0.05, 0) is 69.5 Å². The summed E-state index contributed by atoms with van der Waals surface area (Å²) in [5.41, 5.74) is 0.797. The lowest BCUT2D eigenvalue weighted by atomic mass is 9.91. The molecular weight excluding hydrogens is 643 g/mol. The second-order valence-corrected chi connectivity index (χ2v) is 12.9. The minimum Gasteiger partial charge on any atom is -0.340 e. The number of hydrogen-bond acceptors (Lipinski definition) is 5. The van der Waals surface area contributed by atoms with E-state index in [1.807, 2.05) is 24.3 Å². The molecule has 220 valence electrons. The number of likely N-dealkylation sites (tertiary alicyclic amines) is 1. The molecule has 0 unspecified atom stereocenters. The van der Waals surface area contributed by atoms with Crippen molar-refractivity contribution in [1.29, 1.82) is 5.41 Å². The minimum atomic E-state index is -1.23. The number of rotatable bonds is 7. The summed E-state index contributed by atoms with van der Waals surface area (Å²) >= 11 is 16.0. The van der Waals surface area contributed by atoms with Gasteiger partial charge in [-0.25, -0.2) is 9.88 Å². The largest absolute Gasteiger partial charge is 0.340 e. The van der Waals surface area contributed by atoms with Gasteiger partial charge >= 0.3 is 0 Å². The molecule has 2 N–H and O–H groups in total. The number of carbonyl (C=O) groups is 3. The van der Waals surface area contributed by atoms with Crippen molar-refractivity contribution in [3.63, 3.8) is 0 Å². The summed E-state index contributed by atoms with van der Waals surface area (Å²) in [7, 11) is 0. The van der Waals surface area contributed by atoms with Crippen molar-refractivity contribution < 1.29 is 14.4 Å². The molecule has 1 aromatic heterocycles. The highest BCUT2D eigenvalue weighted by Gasteiger charge is 2.51. The maximum absolute atomic E-state index is 14.2. The first-order valence-electron chi connectivity index (χ1n) is 13.7. The number of anilines is 2. The van der Waals surface area contributed by atoms with Crippen LogP contribution in [0.2, 0.25) is 10.0 Å². The van der Waals surface area contributed by atoms with Crippen LogP contribution in [0, 0.1) is 11.3 Å². The summed E-state index contributed by atoms with van der Waals surface area (Å²) in [6.07, 6.45) is 3.38. The quantitative estimate of drug-likeness (QED) is 0.300. The molecule has 3 aromatic rings. The molecule has 9 nitrogen and oxygen atoms in total. The Morgan fingerprint density at radius 3 is 2.50 bits per heavy atom. The number of benzene rings is 2. The van der Waals surface area contributed by atoms with E-state index in [0.717, 1.165) is 22.9 Å². The average Bonchev–Trinajstić information content (AvgIpc) is 3.46. The first-order chi connectivity index (χ1) is 19.9. The van der Waals surface area contributed by atoms with Gasteiger partial charge in [0.15, 0.2) is 0 Å². The smallest absolute Gasteiger partial charge is 0.270 e. The summed E-state index contributed by atoms with van der Waals surface area (Å²) in [5, 5.41) is 11.5. The molecule has 3 heterocycles. The number of imidazole rings is 1. The lowest BCUT2D eigenvalue weighted by molar-refractivity contribution is -0.134. The highest BCUT2D eigenvalue weighted by atomic mass is 79.9. The number of fused-ring (bicyclic) bond motifs is 1. The second kappa shape index (κ2) is 11.8. The Labute approximate surface area is 262 Å². The molecule has 0 spiro atoms. The Morgan fingerprint density at radius 1 is 1.19 bits per heavy atom. The van der Waals surface area contributed by atoms with E-state index < -0.39 is 17.5 Å². The summed E-state index contributed by atoms with van der Waals surface area (Å²) in [6.45, 7) is 6.23. The van der Waals surface area contributed by atoms with Gasteiger partial charge in [0.05, 0.1) is 11.9 Å². The third-order valence-electron chi connectivity index (χ3n) is 7.96. The van der Waals surface area contributed by atoms with Crippen molar-refractivity contribution in [2.24, 2.45) is 5.92 Å². The van der Waals surface area contributed by atoms with E-state index in [9.17, 15) is 14.4 Å². The van der Waals surface area contributed by atoms with E-state index >= 15 is 0 Å². The van der Waals surface area contributed by atoms with Crippen LogP contribution in [0.1, 0.15) is 49.7 Å². The predicted octanol–water partition coefficient (Wildman–Crippen LogP) is 5.99. The summed E-state index contributed by atoms with van der Waals surface area (Å²) in [6, 6.07) is 11.6. The molecule has 42 heavy (non-hydrogen) atoms. The number of carbonyl (C=O) groups excluding carboxylic acids is 3. The molecule has 0 radical (unpaired) electrons. The van der Waals surface area contributed by atoms with E-state index in [4.69, 9.17) is 28.6 Å². The van der Waals surface area contributed by atoms with Crippen molar-refractivity contribution in [2.75, 3.05) is 18.0 Å². The topological polar surface area (TPSA) is 111 Å². The fourth-order valence-electron chi connectivity index (χ4n) is 5.77. The van der Waals surface area contributed by atoms with E-state index in [1.165, 1.54) is 11.1 Å². The van der Waals surface area contributed by atoms with Gasteiger partial charge in [0.25, 0.3) is 11.8 Å². The molecule has 2 aliphatic heterocycles. The van der Waals surface area contributed by atoms with Crippen LogP contribution in [0.25, 0.3) is 0 Å². The zero-order valence-electron chi connectivity index (χ0n) is 23.5. The van der Waals surface area contributed by atoms with E-state index in [-0.39, 0.29) is 35.8 Å². The normalized spacial score (nSPS) is 20.8. The number of hydrogen-bond donors (Lipinski definition) is 2. The molecule has 12 heteroatoms. The maximum atomic E-state index is 14.2. The van der Waals surface area contributed by atoms with Crippen LogP contribution < -0.4 is 10.2 Å². The first-order valence-corrected chi connectivity index (χ1v) is 15.2. The van der Waals surface area contributed by atoms with Gasteiger partial charge in [0.1, 0.15) is 17.3 Å². The highest BCUT2D eigenvalue weighted by Crippen LogP contribution is 2.43. The Hall–Kier alpha value is -3.21. The average molecular weight is 674 g/mol. The van der Waals surface area contributed by atoms with E-state index in [2.05, 4.69) is 26.2 Å². The number of amides is 3. The van der Waals surface area contributed by atoms with Crippen molar-refractivity contribution in [2.45, 2.75) is 51.6 Å². The zero-order chi connectivity index (χ0) is 30.3. The number of nitrogens with one attached hydrogen (secondary N) is 2. The van der Waals surface area contributed by atoms with Crippen LogP contribution in [-0.4, -0.2) is 57.0 Å². The van der Waals surface area contributed by atoms with Crippen LogP contribution in [0.15, 0.2) is 53.1 Å². The van der Waals surface area contributed by atoms with Gasteiger partial charge < -0.3 is 15.6 Å². The minimum absolute atomic E-state index is 0.0278. The maximum Gasteiger partial charge on any atom is 0.270 e. The molecule has 5 rings (SSSR count). The van der Waals surface area contributed by atoms with E-state index in [1.54, 1.807) is 48.4 Å². The second-order valence-electron chi connectivity index (χ2n) is 11.1. The Balaban J connectivity index is 1.48. The van der Waals surface area contributed by atoms with Crippen molar-refractivity contribution >= 4 is 74.2 Å². The Bertz CT molecular complexity index is 1560. The highest BCUT2D eigenvalue weighted by molar-refractivity contribution is 9.10. The monoisotopic (exact) mass is 672 g/mol. The molecule has 0 aliphatic carbocycles. The van der Waals surface area contributed by atoms with Crippen LogP contribution >= 0.6 is 39.1 Å². The number of nitrogens with zero attached hydrogens (tertiary/aromatic N) is 4. The molecule has 1 fully saturated rings. The number of aromatic nitrogens is 2. The zero-order valence-corrected chi connectivity index (χ0v) is 26.6. The molecular formula is C30H31BrCl2N6O3. The third-order valence-corrected chi connectivity index (χ3v) is 8.93. The lowest BCUT2D eigenvalue weighted by Gasteiger charge is -2.34. The van der Waals surface area contributed by atoms with Crippen molar-refractivity contribution in [3.05, 3.63) is 74.4 Å². The molecule has 3 amide bonds. The van der Waals surface area contributed by atoms with Crippen LogP contribution in [0.3, 0.4) is 0 Å². The first kappa shape index (κ1) is 30.3. The number of piperidine rings is 1. The molecule has 3 atom stereocenters. The summed E-state index contributed by atoms with van der Waals surface area (Å²) < 4.78 is 2.54. The van der Waals surface area contributed by atoms with Crippen LogP contribution in [-0.2, 0) is 21.5 Å². The third kappa shape index (κ3) is 5.72. The van der Waals surface area contributed by atoms with Gasteiger partial charge in [-0.2, -0.15) is 0 Å². The Morgan fingerprint density at radius 2 is 1.86 bits per heavy atom. The van der Waals surface area contributed by atoms with Gasteiger partial charge in [-0.1, -0.05) is 51.3 Å². The molecule has 2 aromatic carbocycles. The van der Waals surface area contributed by atoms with Gasteiger partial charge in [-0.15, -0.1) is 0 Å². The molecule has 1 saturated heterocycles. The molecule has 0 bridgehead atoms. The molecule has 2 aliphatic rings. The van der Waals surface area contributed by atoms with Crippen molar-refractivity contribution in [3.8, 4) is 0 Å². The Kier molecular flexibility index (Phi) is 8.51.